The van der Waals surface area contributed by atoms with Gasteiger partial charge >= 0.3 is 0 Å². The van der Waals surface area contributed by atoms with E-state index in [1.807, 2.05) is 97.1 Å². The maximum Gasteiger partial charge on any atom is 0.252 e. The lowest BCUT2D eigenvalue weighted by atomic mass is 10.0. The molecule has 4 rings (SSSR count). The van der Waals surface area contributed by atoms with Crippen LogP contribution in [0.1, 0.15) is 11.1 Å². The van der Waals surface area contributed by atoms with Gasteiger partial charge < -0.3 is 10.1 Å². The van der Waals surface area contributed by atoms with E-state index in [0.29, 0.717) is 18.7 Å². The SMILES string of the molecule is O=C(NCCOc1ccc2ccccc2c1)/C(=C/c1ccccc1)c1ccccc1. The quantitative estimate of drug-likeness (QED) is 0.253. The van der Waals surface area contributed by atoms with Crippen LogP contribution in [-0.2, 0) is 4.79 Å². The molecule has 0 saturated heterocycles. The fraction of sp³-hybridized carbons (Fsp3) is 0.0741. The molecule has 4 aromatic carbocycles. The average Bonchev–Trinajstić information content (AvgIpc) is 2.81. The molecule has 0 aliphatic rings. The topological polar surface area (TPSA) is 38.3 Å². The van der Waals surface area contributed by atoms with Crippen molar-refractivity contribution in [2.24, 2.45) is 0 Å². The number of nitrogens with one attached hydrogen (secondary N) is 1. The van der Waals surface area contributed by atoms with E-state index in [-0.39, 0.29) is 5.91 Å². The van der Waals surface area contributed by atoms with Crippen LogP contribution < -0.4 is 10.1 Å². The molecule has 0 aromatic heterocycles. The van der Waals surface area contributed by atoms with Crippen molar-refractivity contribution < 1.29 is 9.53 Å². The Labute approximate surface area is 176 Å². The van der Waals surface area contributed by atoms with Gasteiger partial charge in [0.2, 0.25) is 0 Å². The molecular weight excluding hydrogens is 370 g/mol. The first kappa shape index (κ1) is 19.5. The maximum atomic E-state index is 12.9. The highest BCUT2D eigenvalue weighted by atomic mass is 16.5. The third kappa shape index (κ3) is 4.95. The Bertz CT molecular complexity index is 1150. The van der Waals surface area contributed by atoms with Crippen LogP contribution in [0.5, 0.6) is 5.75 Å². The first-order chi connectivity index (χ1) is 14.8. The van der Waals surface area contributed by atoms with Gasteiger partial charge in [-0.2, -0.15) is 0 Å². The minimum atomic E-state index is -0.118. The van der Waals surface area contributed by atoms with Gasteiger partial charge in [-0.05, 0) is 40.1 Å². The summed E-state index contributed by atoms with van der Waals surface area (Å²) in [6.45, 7) is 0.822. The predicted octanol–water partition coefficient (Wildman–Crippen LogP) is 5.58. The summed E-state index contributed by atoms with van der Waals surface area (Å²) >= 11 is 0. The summed E-state index contributed by atoms with van der Waals surface area (Å²) < 4.78 is 5.83. The molecule has 3 heteroatoms. The molecule has 0 saturated carbocycles. The molecule has 0 aliphatic carbocycles. The molecule has 0 bridgehead atoms. The van der Waals surface area contributed by atoms with Gasteiger partial charge in [-0.3, -0.25) is 4.79 Å². The van der Waals surface area contributed by atoms with Crippen molar-refractivity contribution in [3.8, 4) is 5.75 Å². The van der Waals surface area contributed by atoms with Gasteiger partial charge in [0, 0.05) is 5.57 Å². The molecule has 0 radical (unpaired) electrons. The Morgan fingerprint density at radius 2 is 1.43 bits per heavy atom. The van der Waals surface area contributed by atoms with Crippen LogP contribution in [-0.4, -0.2) is 19.1 Å². The molecule has 0 heterocycles. The van der Waals surface area contributed by atoms with Gasteiger partial charge in [0.25, 0.3) is 5.91 Å². The van der Waals surface area contributed by atoms with Gasteiger partial charge in [-0.25, -0.2) is 0 Å². The lowest BCUT2D eigenvalue weighted by Crippen LogP contribution is -2.28. The van der Waals surface area contributed by atoms with Crippen molar-refractivity contribution >= 4 is 28.3 Å². The molecule has 4 aromatic rings. The van der Waals surface area contributed by atoms with E-state index in [2.05, 4.69) is 17.4 Å². The van der Waals surface area contributed by atoms with E-state index in [4.69, 9.17) is 4.74 Å². The highest BCUT2D eigenvalue weighted by Gasteiger charge is 2.11. The fourth-order valence-electron chi connectivity index (χ4n) is 3.30. The summed E-state index contributed by atoms with van der Waals surface area (Å²) in [5, 5.41) is 5.29. The normalized spacial score (nSPS) is 11.3. The monoisotopic (exact) mass is 393 g/mol. The smallest absolute Gasteiger partial charge is 0.252 e. The first-order valence-electron chi connectivity index (χ1n) is 10.0. The maximum absolute atomic E-state index is 12.9. The van der Waals surface area contributed by atoms with Crippen molar-refractivity contribution in [3.63, 3.8) is 0 Å². The van der Waals surface area contributed by atoms with E-state index >= 15 is 0 Å². The molecule has 0 atom stereocenters. The van der Waals surface area contributed by atoms with Crippen LogP contribution in [0, 0.1) is 0 Å². The average molecular weight is 393 g/mol. The van der Waals surface area contributed by atoms with E-state index in [1.54, 1.807) is 0 Å². The Balaban J connectivity index is 1.40. The van der Waals surface area contributed by atoms with Gasteiger partial charge in [0.15, 0.2) is 0 Å². The Kier molecular flexibility index (Phi) is 6.21. The van der Waals surface area contributed by atoms with Crippen molar-refractivity contribution in [3.05, 3.63) is 114 Å². The van der Waals surface area contributed by atoms with Crippen LogP contribution in [0.15, 0.2) is 103 Å². The fourth-order valence-corrected chi connectivity index (χ4v) is 3.30. The molecule has 0 fully saturated rings. The minimum absolute atomic E-state index is 0.118. The third-order valence-corrected chi connectivity index (χ3v) is 4.82. The lowest BCUT2D eigenvalue weighted by molar-refractivity contribution is -0.115. The Morgan fingerprint density at radius 1 is 0.767 bits per heavy atom. The lowest BCUT2D eigenvalue weighted by Gasteiger charge is -2.11. The highest BCUT2D eigenvalue weighted by Crippen LogP contribution is 2.21. The summed E-state index contributed by atoms with van der Waals surface area (Å²) in [5.74, 6) is 0.679. The molecule has 0 spiro atoms. The van der Waals surface area contributed by atoms with Crippen molar-refractivity contribution in [1.82, 2.24) is 5.32 Å². The molecule has 1 N–H and O–H groups in total. The van der Waals surface area contributed by atoms with Crippen molar-refractivity contribution in [2.45, 2.75) is 0 Å². The molecular formula is C27H23NO2. The number of amides is 1. The number of carbonyl (C=O) groups is 1. The summed E-state index contributed by atoms with van der Waals surface area (Å²) in [6.07, 6.45) is 1.91. The second-order valence-electron chi connectivity index (χ2n) is 6.95. The van der Waals surface area contributed by atoms with Crippen molar-refractivity contribution in [2.75, 3.05) is 13.2 Å². The molecule has 30 heavy (non-hydrogen) atoms. The van der Waals surface area contributed by atoms with Crippen LogP contribution in [0.4, 0.5) is 0 Å². The highest BCUT2D eigenvalue weighted by molar-refractivity contribution is 6.24. The predicted molar refractivity (Wildman–Crippen MR) is 123 cm³/mol. The number of benzene rings is 4. The number of fused-ring (bicyclic) bond motifs is 1. The van der Waals surface area contributed by atoms with Crippen LogP contribution in [0.3, 0.4) is 0 Å². The molecule has 0 unspecified atom stereocenters. The molecule has 148 valence electrons. The largest absolute Gasteiger partial charge is 0.492 e. The number of rotatable bonds is 7. The van der Waals surface area contributed by atoms with Gasteiger partial charge in [-0.15, -0.1) is 0 Å². The number of ether oxygens (including phenoxy) is 1. The summed E-state index contributed by atoms with van der Waals surface area (Å²) in [4.78, 5) is 12.9. The molecule has 3 nitrogen and oxygen atoms in total. The minimum Gasteiger partial charge on any atom is -0.492 e. The first-order valence-corrected chi connectivity index (χ1v) is 10.0. The third-order valence-electron chi connectivity index (χ3n) is 4.82. The number of hydrogen-bond donors (Lipinski definition) is 1. The zero-order chi connectivity index (χ0) is 20.6. The van der Waals surface area contributed by atoms with E-state index in [1.165, 1.54) is 5.39 Å². The van der Waals surface area contributed by atoms with E-state index in [9.17, 15) is 4.79 Å². The van der Waals surface area contributed by atoms with Crippen LogP contribution >= 0.6 is 0 Å². The second-order valence-corrected chi connectivity index (χ2v) is 6.95. The van der Waals surface area contributed by atoms with E-state index < -0.39 is 0 Å². The van der Waals surface area contributed by atoms with Gasteiger partial charge in [-0.1, -0.05) is 91.0 Å². The Morgan fingerprint density at radius 3 is 2.20 bits per heavy atom. The van der Waals surface area contributed by atoms with Gasteiger partial charge in [0.1, 0.15) is 12.4 Å². The standard InChI is InChI=1S/C27H23NO2/c29-27(26(23-12-5-2-6-13-23)19-21-9-3-1-4-10-21)28-17-18-30-25-16-15-22-11-7-8-14-24(22)20-25/h1-16,19-20H,17-18H2,(H,28,29)/b26-19+. The van der Waals surface area contributed by atoms with Crippen molar-refractivity contribution in [1.29, 1.82) is 0 Å². The number of carbonyl (C=O) groups excluding carboxylic acids is 1. The summed E-state index contributed by atoms with van der Waals surface area (Å²) in [6, 6.07) is 33.7. The summed E-state index contributed by atoms with van der Waals surface area (Å²) in [5.41, 5.74) is 2.50. The summed E-state index contributed by atoms with van der Waals surface area (Å²) in [7, 11) is 0. The van der Waals surface area contributed by atoms with Crippen LogP contribution in [0.2, 0.25) is 0 Å². The molecule has 0 aliphatic heterocycles. The van der Waals surface area contributed by atoms with E-state index in [0.717, 1.165) is 22.3 Å². The second kappa shape index (κ2) is 9.57. The number of hydrogen-bond acceptors (Lipinski definition) is 2. The molecule has 1 amide bonds. The van der Waals surface area contributed by atoms with Gasteiger partial charge in [0.05, 0.1) is 6.54 Å². The zero-order valence-corrected chi connectivity index (χ0v) is 16.6. The Hall–Kier alpha value is -3.85. The van der Waals surface area contributed by atoms with Crippen LogP contribution in [0.25, 0.3) is 22.4 Å². The zero-order valence-electron chi connectivity index (χ0n) is 16.6.